The first kappa shape index (κ1) is 19.2. The fraction of sp³-hybridized carbons (Fsp3) is 0.409. The molecule has 0 fully saturated rings. The maximum Gasteiger partial charge on any atom is 0.129 e. The summed E-state index contributed by atoms with van der Waals surface area (Å²) in [5.41, 5.74) is 4.53. The van der Waals surface area contributed by atoms with Gasteiger partial charge in [0.2, 0.25) is 0 Å². The summed E-state index contributed by atoms with van der Waals surface area (Å²) in [6.45, 7) is 7.13. The fourth-order valence-corrected chi connectivity index (χ4v) is 3.27. The van der Waals surface area contributed by atoms with E-state index in [-0.39, 0.29) is 0 Å². The largest absolute Gasteiger partial charge is 0.302 e. The van der Waals surface area contributed by atoms with Crippen molar-refractivity contribution in [3.05, 3.63) is 65.9 Å². The van der Waals surface area contributed by atoms with E-state index in [1.165, 1.54) is 11.1 Å². The summed E-state index contributed by atoms with van der Waals surface area (Å²) in [5.74, 6) is 0.939. The molecular formula is C22H29N5. The molecule has 0 radical (unpaired) electrons. The Bertz CT molecular complexity index is 842. The first-order valence-corrected chi connectivity index (χ1v) is 9.74. The van der Waals surface area contributed by atoms with Crippen LogP contribution in [0.5, 0.6) is 0 Å². The number of aromatic nitrogens is 4. The monoisotopic (exact) mass is 363 g/mol. The predicted octanol–water partition coefficient (Wildman–Crippen LogP) is 4.12. The van der Waals surface area contributed by atoms with E-state index in [4.69, 9.17) is 4.98 Å². The van der Waals surface area contributed by atoms with Crippen LogP contribution in [-0.4, -0.2) is 38.2 Å². The lowest BCUT2D eigenvalue weighted by Crippen LogP contribution is -2.20. The van der Waals surface area contributed by atoms with E-state index in [2.05, 4.69) is 59.3 Å². The Kier molecular flexibility index (Phi) is 6.71. The van der Waals surface area contributed by atoms with Gasteiger partial charge < -0.3 is 4.90 Å². The average Bonchev–Trinajstić information content (AvgIpc) is 3.15. The minimum Gasteiger partial charge on any atom is -0.302 e. The van der Waals surface area contributed by atoms with Crippen molar-refractivity contribution in [1.29, 1.82) is 0 Å². The summed E-state index contributed by atoms with van der Waals surface area (Å²) in [6, 6.07) is 12.7. The van der Waals surface area contributed by atoms with E-state index in [1.807, 2.05) is 30.1 Å². The Hall–Kier alpha value is -2.53. The van der Waals surface area contributed by atoms with E-state index in [1.54, 1.807) is 0 Å². The van der Waals surface area contributed by atoms with Crippen LogP contribution in [0.15, 0.2) is 48.8 Å². The SMILES string of the molecule is CCCc1nc(C)cc(-c2cccc(CN(C)CCCn3cccn3)c2)n1. The lowest BCUT2D eigenvalue weighted by atomic mass is 10.1. The van der Waals surface area contributed by atoms with Crippen molar-refractivity contribution in [2.24, 2.45) is 0 Å². The molecule has 5 nitrogen and oxygen atoms in total. The van der Waals surface area contributed by atoms with Gasteiger partial charge in [0, 0.05) is 43.2 Å². The van der Waals surface area contributed by atoms with Crippen molar-refractivity contribution in [2.45, 2.75) is 46.2 Å². The molecule has 3 rings (SSSR count). The highest BCUT2D eigenvalue weighted by atomic mass is 15.3. The maximum absolute atomic E-state index is 4.76. The Labute approximate surface area is 162 Å². The van der Waals surface area contributed by atoms with Crippen molar-refractivity contribution in [2.75, 3.05) is 13.6 Å². The Morgan fingerprint density at radius 1 is 1.11 bits per heavy atom. The molecule has 0 spiro atoms. The third kappa shape index (κ3) is 5.73. The molecule has 0 amide bonds. The molecule has 0 unspecified atom stereocenters. The number of nitrogens with zero attached hydrogens (tertiary/aromatic N) is 5. The van der Waals surface area contributed by atoms with E-state index in [0.29, 0.717) is 0 Å². The van der Waals surface area contributed by atoms with Crippen molar-refractivity contribution < 1.29 is 0 Å². The van der Waals surface area contributed by atoms with Gasteiger partial charge in [0.15, 0.2) is 0 Å². The number of rotatable bonds is 9. The highest BCUT2D eigenvalue weighted by Crippen LogP contribution is 2.20. The minimum absolute atomic E-state index is 0.924. The van der Waals surface area contributed by atoms with Crippen LogP contribution < -0.4 is 0 Å². The molecule has 0 aliphatic rings. The molecule has 0 atom stereocenters. The van der Waals surface area contributed by atoms with Crippen LogP contribution in [0.3, 0.4) is 0 Å². The number of benzene rings is 1. The number of aryl methyl sites for hydroxylation is 3. The summed E-state index contributed by atoms with van der Waals surface area (Å²) >= 11 is 0. The summed E-state index contributed by atoms with van der Waals surface area (Å²) in [7, 11) is 2.17. The summed E-state index contributed by atoms with van der Waals surface area (Å²) < 4.78 is 1.99. The minimum atomic E-state index is 0.924. The van der Waals surface area contributed by atoms with Gasteiger partial charge in [-0.25, -0.2) is 9.97 Å². The Morgan fingerprint density at radius 3 is 2.78 bits per heavy atom. The molecule has 0 saturated heterocycles. The van der Waals surface area contributed by atoms with Gasteiger partial charge in [-0.15, -0.1) is 0 Å². The predicted molar refractivity (Wildman–Crippen MR) is 109 cm³/mol. The molecule has 5 heteroatoms. The summed E-state index contributed by atoms with van der Waals surface area (Å²) in [5, 5.41) is 4.26. The molecule has 1 aromatic carbocycles. The first-order chi connectivity index (χ1) is 13.1. The standard InChI is InChI=1S/C22H29N5/c1-4-8-22-24-18(2)15-21(25-22)20-10-5-9-19(16-20)17-26(3)12-7-14-27-13-6-11-23-27/h5-6,9-11,13,15-16H,4,7-8,12,14,17H2,1-3H3. The van der Waals surface area contributed by atoms with Crippen LogP contribution in [0.4, 0.5) is 0 Å². The van der Waals surface area contributed by atoms with Gasteiger partial charge >= 0.3 is 0 Å². The second kappa shape index (κ2) is 9.42. The molecule has 0 bridgehead atoms. The average molecular weight is 364 g/mol. The van der Waals surface area contributed by atoms with Crippen LogP contribution in [-0.2, 0) is 19.5 Å². The molecule has 0 saturated carbocycles. The third-order valence-corrected chi connectivity index (χ3v) is 4.54. The lowest BCUT2D eigenvalue weighted by Gasteiger charge is -2.17. The van der Waals surface area contributed by atoms with E-state index in [9.17, 15) is 0 Å². The van der Waals surface area contributed by atoms with Gasteiger partial charge in [-0.1, -0.05) is 25.1 Å². The topological polar surface area (TPSA) is 46.8 Å². The highest BCUT2D eigenvalue weighted by Gasteiger charge is 2.07. The van der Waals surface area contributed by atoms with Crippen LogP contribution in [0.25, 0.3) is 11.3 Å². The van der Waals surface area contributed by atoms with Gasteiger partial charge in [0.1, 0.15) is 5.82 Å². The Morgan fingerprint density at radius 2 is 2.00 bits per heavy atom. The number of hydrogen-bond acceptors (Lipinski definition) is 4. The molecular weight excluding hydrogens is 334 g/mol. The van der Waals surface area contributed by atoms with Crippen LogP contribution >= 0.6 is 0 Å². The van der Waals surface area contributed by atoms with Crippen LogP contribution in [0.2, 0.25) is 0 Å². The number of hydrogen-bond donors (Lipinski definition) is 0. The second-order valence-corrected chi connectivity index (χ2v) is 7.12. The molecule has 0 aliphatic heterocycles. The van der Waals surface area contributed by atoms with Crippen LogP contribution in [0.1, 0.15) is 36.8 Å². The van der Waals surface area contributed by atoms with Crippen molar-refractivity contribution in [1.82, 2.24) is 24.6 Å². The quantitative estimate of drug-likeness (QED) is 0.574. The first-order valence-electron chi connectivity index (χ1n) is 9.74. The van der Waals surface area contributed by atoms with Gasteiger partial charge in [-0.2, -0.15) is 5.10 Å². The van der Waals surface area contributed by atoms with Crippen molar-refractivity contribution >= 4 is 0 Å². The van der Waals surface area contributed by atoms with E-state index in [0.717, 1.165) is 56.1 Å². The third-order valence-electron chi connectivity index (χ3n) is 4.54. The van der Waals surface area contributed by atoms with E-state index >= 15 is 0 Å². The Balaban J connectivity index is 1.63. The highest BCUT2D eigenvalue weighted by molar-refractivity contribution is 5.60. The normalized spacial score (nSPS) is 11.3. The zero-order valence-corrected chi connectivity index (χ0v) is 16.6. The van der Waals surface area contributed by atoms with Gasteiger partial charge in [-0.3, -0.25) is 4.68 Å². The van der Waals surface area contributed by atoms with Crippen molar-refractivity contribution in [3.8, 4) is 11.3 Å². The van der Waals surface area contributed by atoms with E-state index < -0.39 is 0 Å². The smallest absolute Gasteiger partial charge is 0.129 e. The molecule has 0 N–H and O–H groups in total. The summed E-state index contributed by atoms with van der Waals surface area (Å²) in [6.07, 6.45) is 6.92. The molecule has 2 aromatic heterocycles. The molecule has 142 valence electrons. The van der Waals surface area contributed by atoms with Gasteiger partial charge in [0.25, 0.3) is 0 Å². The molecule has 0 aliphatic carbocycles. The van der Waals surface area contributed by atoms with Gasteiger partial charge in [-0.05, 0) is 57.1 Å². The molecule has 2 heterocycles. The zero-order chi connectivity index (χ0) is 19.1. The zero-order valence-electron chi connectivity index (χ0n) is 16.6. The maximum atomic E-state index is 4.76. The second-order valence-electron chi connectivity index (χ2n) is 7.12. The van der Waals surface area contributed by atoms with Gasteiger partial charge in [0.05, 0.1) is 5.69 Å². The lowest BCUT2D eigenvalue weighted by molar-refractivity contribution is 0.311. The molecule has 3 aromatic rings. The molecule has 27 heavy (non-hydrogen) atoms. The van der Waals surface area contributed by atoms with Crippen molar-refractivity contribution in [3.63, 3.8) is 0 Å². The summed E-state index contributed by atoms with van der Waals surface area (Å²) in [4.78, 5) is 11.7. The van der Waals surface area contributed by atoms with Crippen LogP contribution in [0, 0.1) is 6.92 Å². The fourth-order valence-electron chi connectivity index (χ4n) is 3.27.